The van der Waals surface area contributed by atoms with E-state index in [1.165, 1.54) is 6.07 Å². The van der Waals surface area contributed by atoms with Gasteiger partial charge in [-0.05, 0) is 34.1 Å². The Morgan fingerprint density at radius 1 is 1.47 bits per heavy atom. The van der Waals surface area contributed by atoms with Gasteiger partial charge in [0, 0.05) is 5.56 Å². The molecule has 4 N–H and O–H groups in total. The average molecular weight is 303 g/mol. The van der Waals surface area contributed by atoms with Gasteiger partial charge >= 0.3 is 6.09 Å². The lowest BCUT2D eigenvalue weighted by atomic mass is 10.2. The van der Waals surface area contributed by atoms with Crippen LogP contribution in [0.1, 0.15) is 10.4 Å². The summed E-state index contributed by atoms with van der Waals surface area (Å²) in [5, 5.41) is 11.9. The predicted molar refractivity (Wildman–Crippen MR) is 63.7 cm³/mol. The molecule has 0 saturated carbocycles. The molecule has 0 saturated heterocycles. The minimum Gasteiger partial charge on any atom is -0.507 e. The van der Waals surface area contributed by atoms with E-state index in [4.69, 9.17) is 5.73 Å². The predicted octanol–water partition coefficient (Wildman–Crippen LogP) is 0.980. The van der Waals surface area contributed by atoms with Gasteiger partial charge in [0.2, 0.25) is 0 Å². The zero-order valence-corrected chi connectivity index (χ0v) is 10.4. The fraction of sp³-hybridized carbons (Fsp3) is 0.200. The third kappa shape index (κ3) is 4.31. The van der Waals surface area contributed by atoms with E-state index in [-0.39, 0.29) is 24.8 Å². The van der Waals surface area contributed by atoms with E-state index in [1.54, 1.807) is 12.1 Å². The second-order valence-corrected chi connectivity index (χ2v) is 3.94. The monoisotopic (exact) mass is 302 g/mol. The Balaban J connectivity index is 2.47. The molecule has 0 aliphatic carbocycles. The van der Waals surface area contributed by atoms with E-state index >= 15 is 0 Å². The molecule has 0 aromatic heterocycles. The first kappa shape index (κ1) is 13.3. The van der Waals surface area contributed by atoms with Crippen molar-refractivity contribution in [3.63, 3.8) is 0 Å². The van der Waals surface area contributed by atoms with Gasteiger partial charge in [0.15, 0.2) is 0 Å². The molecule has 0 atom stereocenters. The first-order chi connectivity index (χ1) is 8.00. The molecule has 6 nitrogen and oxygen atoms in total. The fourth-order valence-corrected chi connectivity index (χ4v) is 1.32. The van der Waals surface area contributed by atoms with Crippen LogP contribution >= 0.6 is 15.9 Å². The van der Waals surface area contributed by atoms with Crippen molar-refractivity contribution in [3.05, 3.63) is 28.2 Å². The highest BCUT2D eigenvalue weighted by atomic mass is 79.9. The quantitative estimate of drug-likeness (QED) is 0.722. The number of amides is 2. The molecule has 1 aromatic carbocycles. The Kier molecular flexibility index (Phi) is 4.77. The lowest BCUT2D eigenvalue weighted by molar-refractivity contribution is 0.0936. The standard InChI is InChI=1S/C10H11BrN2O4/c11-7-2-1-6(5-8(7)14)9(15)13-3-4-17-10(12)16/h1-2,5,14H,3-4H2,(H2,12,16)(H,13,15). The van der Waals surface area contributed by atoms with Crippen molar-refractivity contribution >= 4 is 27.9 Å². The van der Waals surface area contributed by atoms with E-state index in [0.717, 1.165) is 0 Å². The SMILES string of the molecule is NC(=O)OCCNC(=O)c1ccc(Br)c(O)c1. The van der Waals surface area contributed by atoms with Crippen LogP contribution in [0.3, 0.4) is 0 Å². The molecule has 0 fully saturated rings. The number of primary amides is 1. The molecule has 0 spiro atoms. The van der Waals surface area contributed by atoms with E-state index in [0.29, 0.717) is 10.0 Å². The molecular weight excluding hydrogens is 292 g/mol. The average Bonchev–Trinajstić information content (AvgIpc) is 2.27. The number of carbonyl (C=O) groups is 2. The van der Waals surface area contributed by atoms with Gasteiger partial charge in [0.05, 0.1) is 11.0 Å². The van der Waals surface area contributed by atoms with Crippen LogP contribution in [-0.2, 0) is 4.74 Å². The molecule has 0 unspecified atom stereocenters. The summed E-state index contributed by atoms with van der Waals surface area (Å²) in [4.78, 5) is 21.8. The summed E-state index contributed by atoms with van der Waals surface area (Å²) in [7, 11) is 0. The van der Waals surface area contributed by atoms with Gasteiger partial charge in [-0.1, -0.05) is 0 Å². The van der Waals surface area contributed by atoms with Crippen molar-refractivity contribution in [1.29, 1.82) is 0 Å². The van der Waals surface area contributed by atoms with Crippen molar-refractivity contribution in [3.8, 4) is 5.75 Å². The number of nitrogens with one attached hydrogen (secondary N) is 1. The highest BCUT2D eigenvalue weighted by molar-refractivity contribution is 9.10. The third-order valence-corrected chi connectivity index (χ3v) is 2.51. The topological polar surface area (TPSA) is 102 Å². The Labute approximate surface area is 106 Å². The maximum absolute atomic E-state index is 11.5. The molecule has 0 aliphatic rings. The molecule has 0 radical (unpaired) electrons. The lowest BCUT2D eigenvalue weighted by Gasteiger charge is -2.06. The summed E-state index contributed by atoms with van der Waals surface area (Å²) < 4.78 is 4.94. The van der Waals surface area contributed by atoms with Gasteiger partial charge in [0.1, 0.15) is 12.4 Å². The summed E-state index contributed by atoms with van der Waals surface area (Å²) in [5.41, 5.74) is 5.05. The molecule has 0 heterocycles. The van der Waals surface area contributed by atoms with Gasteiger partial charge < -0.3 is 20.9 Å². The maximum atomic E-state index is 11.5. The number of rotatable bonds is 4. The summed E-state index contributed by atoms with van der Waals surface area (Å²) in [6, 6.07) is 4.44. The second kappa shape index (κ2) is 6.09. The van der Waals surface area contributed by atoms with Crippen molar-refractivity contribution in [2.24, 2.45) is 5.73 Å². The molecule has 92 valence electrons. The number of phenols is 1. The number of ether oxygens (including phenoxy) is 1. The molecule has 0 aliphatic heterocycles. The Morgan fingerprint density at radius 3 is 2.76 bits per heavy atom. The fourth-order valence-electron chi connectivity index (χ4n) is 1.07. The Hall–Kier alpha value is -1.76. The number of aromatic hydroxyl groups is 1. The van der Waals surface area contributed by atoms with Crippen LogP contribution in [0.5, 0.6) is 5.75 Å². The first-order valence-electron chi connectivity index (χ1n) is 4.69. The van der Waals surface area contributed by atoms with Crippen LogP contribution in [0.4, 0.5) is 4.79 Å². The first-order valence-corrected chi connectivity index (χ1v) is 5.49. The number of hydrogen-bond acceptors (Lipinski definition) is 4. The molecule has 2 amide bonds. The van der Waals surface area contributed by atoms with Crippen molar-refractivity contribution in [2.45, 2.75) is 0 Å². The molecule has 1 aromatic rings. The number of benzene rings is 1. The number of halogens is 1. The van der Waals surface area contributed by atoms with Gasteiger partial charge in [0.25, 0.3) is 5.91 Å². The van der Waals surface area contributed by atoms with Crippen molar-refractivity contribution in [2.75, 3.05) is 13.2 Å². The minimum atomic E-state index is -0.888. The van der Waals surface area contributed by atoms with Crippen molar-refractivity contribution < 1.29 is 19.4 Å². The van der Waals surface area contributed by atoms with Gasteiger partial charge in [-0.2, -0.15) is 0 Å². The lowest BCUT2D eigenvalue weighted by Crippen LogP contribution is -2.28. The summed E-state index contributed by atoms with van der Waals surface area (Å²) in [6.45, 7) is 0.155. The Morgan fingerprint density at radius 2 is 2.18 bits per heavy atom. The Bertz CT molecular complexity index is 436. The van der Waals surface area contributed by atoms with Crippen LogP contribution < -0.4 is 11.1 Å². The van der Waals surface area contributed by atoms with Crippen LogP contribution in [0.15, 0.2) is 22.7 Å². The van der Waals surface area contributed by atoms with Crippen LogP contribution in [-0.4, -0.2) is 30.3 Å². The maximum Gasteiger partial charge on any atom is 0.404 e. The zero-order valence-electron chi connectivity index (χ0n) is 8.77. The highest BCUT2D eigenvalue weighted by Crippen LogP contribution is 2.24. The number of nitrogens with two attached hydrogens (primary N) is 1. The van der Waals surface area contributed by atoms with Crippen LogP contribution in [0, 0.1) is 0 Å². The second-order valence-electron chi connectivity index (χ2n) is 3.09. The van der Waals surface area contributed by atoms with E-state index in [1.807, 2.05) is 0 Å². The largest absolute Gasteiger partial charge is 0.507 e. The number of hydrogen-bond donors (Lipinski definition) is 3. The number of carbonyl (C=O) groups excluding carboxylic acids is 2. The summed E-state index contributed by atoms with van der Waals surface area (Å²) in [6.07, 6.45) is -0.888. The van der Waals surface area contributed by atoms with E-state index in [2.05, 4.69) is 26.0 Å². The zero-order chi connectivity index (χ0) is 12.8. The van der Waals surface area contributed by atoms with Crippen LogP contribution in [0.25, 0.3) is 0 Å². The summed E-state index contributed by atoms with van der Waals surface area (Å²) in [5.74, 6) is -0.396. The molecular formula is C10H11BrN2O4. The number of phenolic OH excluding ortho intramolecular Hbond substituents is 1. The third-order valence-electron chi connectivity index (χ3n) is 1.84. The molecule has 0 bridgehead atoms. The van der Waals surface area contributed by atoms with Gasteiger partial charge in [-0.3, -0.25) is 4.79 Å². The molecule has 7 heteroatoms. The normalized spacial score (nSPS) is 9.71. The molecule has 17 heavy (non-hydrogen) atoms. The van der Waals surface area contributed by atoms with Crippen LogP contribution in [0.2, 0.25) is 0 Å². The minimum absolute atomic E-state index is 0.00356. The van der Waals surface area contributed by atoms with Gasteiger partial charge in [-0.15, -0.1) is 0 Å². The van der Waals surface area contributed by atoms with Gasteiger partial charge in [-0.25, -0.2) is 4.79 Å². The van der Waals surface area contributed by atoms with E-state index < -0.39 is 6.09 Å². The van der Waals surface area contributed by atoms with E-state index in [9.17, 15) is 14.7 Å². The smallest absolute Gasteiger partial charge is 0.404 e. The highest BCUT2D eigenvalue weighted by Gasteiger charge is 2.07. The summed E-state index contributed by atoms with van der Waals surface area (Å²) >= 11 is 3.11. The molecule has 1 rings (SSSR count). The van der Waals surface area contributed by atoms with Crippen molar-refractivity contribution in [1.82, 2.24) is 5.32 Å².